The van der Waals surface area contributed by atoms with Crippen LogP contribution in [0.25, 0.3) is 5.57 Å². The summed E-state index contributed by atoms with van der Waals surface area (Å²) >= 11 is 0. The van der Waals surface area contributed by atoms with Crippen LogP contribution >= 0.6 is 0 Å². The molecule has 1 fully saturated rings. The summed E-state index contributed by atoms with van der Waals surface area (Å²) < 4.78 is 5.35. The van der Waals surface area contributed by atoms with Crippen LogP contribution < -0.4 is 15.0 Å². The van der Waals surface area contributed by atoms with Gasteiger partial charge in [0.1, 0.15) is 17.2 Å². The van der Waals surface area contributed by atoms with E-state index >= 15 is 0 Å². The molecule has 1 saturated heterocycles. The van der Waals surface area contributed by atoms with Crippen molar-refractivity contribution in [1.29, 1.82) is 0 Å². The molecule has 4 aromatic rings. The third-order valence-electron chi connectivity index (χ3n) is 9.39. The van der Waals surface area contributed by atoms with E-state index in [1.165, 1.54) is 0 Å². The molecule has 3 aliphatic rings. The van der Waals surface area contributed by atoms with Gasteiger partial charge in [0.2, 0.25) is 5.91 Å². The Hall–Kier alpha value is -4.97. The number of carbonyl (C=O) groups excluding carboxylic acids is 3. The van der Waals surface area contributed by atoms with Gasteiger partial charge in [-0.05, 0) is 74.4 Å². The lowest BCUT2D eigenvalue weighted by Gasteiger charge is -2.39. The molecule has 0 unspecified atom stereocenters. The van der Waals surface area contributed by atoms with Crippen molar-refractivity contribution in [3.63, 3.8) is 0 Å². The molecule has 214 valence electrons. The minimum Gasteiger partial charge on any atom is -0.497 e. The van der Waals surface area contributed by atoms with Crippen molar-refractivity contribution in [3.05, 3.63) is 130 Å². The topological polar surface area (TPSA) is 75.7 Å². The van der Waals surface area contributed by atoms with Gasteiger partial charge < -0.3 is 15.0 Å². The monoisotopic (exact) mass is 568 g/mol. The van der Waals surface area contributed by atoms with Crippen molar-refractivity contribution < 1.29 is 19.1 Å². The first-order chi connectivity index (χ1) is 20.7. The number of fused-ring (bicyclic) bond motifs is 6. The molecule has 3 aliphatic heterocycles. The molecule has 0 saturated carbocycles. The van der Waals surface area contributed by atoms with E-state index in [-0.39, 0.29) is 17.5 Å². The summed E-state index contributed by atoms with van der Waals surface area (Å²) in [6, 6.07) is 26.6. The summed E-state index contributed by atoms with van der Waals surface area (Å²) in [4.78, 5) is 46.3. The Kier molecular flexibility index (Phi) is 6.13. The van der Waals surface area contributed by atoms with Crippen LogP contribution in [0.5, 0.6) is 5.75 Å². The van der Waals surface area contributed by atoms with E-state index in [4.69, 9.17) is 4.74 Å². The standard InChI is InChI=1S/C37H32N2O4/c1-21-9-12-25(13-10-21)35(41)33-32(34(40)24-14-16-26(43-4)17-15-24)37(28-7-5-6-8-29(28)38-36(37)42)31-20-23(3)27-19-22(2)11-18-30(27)39(31)33/h5-20,31-33H,1-4H3,(H,38,42)/t31-,32-,33+,37-/m1/s1. The van der Waals surface area contributed by atoms with Crippen LogP contribution in [-0.2, 0) is 10.2 Å². The van der Waals surface area contributed by atoms with E-state index in [0.29, 0.717) is 22.6 Å². The molecule has 4 atom stereocenters. The summed E-state index contributed by atoms with van der Waals surface area (Å²) in [6.45, 7) is 6.05. The van der Waals surface area contributed by atoms with Gasteiger partial charge in [-0.1, -0.05) is 65.7 Å². The van der Waals surface area contributed by atoms with Gasteiger partial charge in [0.15, 0.2) is 11.6 Å². The second kappa shape index (κ2) is 9.80. The van der Waals surface area contributed by atoms with Gasteiger partial charge in [0.05, 0.1) is 19.1 Å². The van der Waals surface area contributed by atoms with Gasteiger partial charge in [0.25, 0.3) is 0 Å². The lowest BCUT2D eigenvalue weighted by Crippen LogP contribution is -2.51. The van der Waals surface area contributed by atoms with Gasteiger partial charge in [-0.2, -0.15) is 0 Å². The molecule has 4 aromatic carbocycles. The average Bonchev–Trinajstić information content (AvgIpc) is 3.49. The number of allylic oxidation sites excluding steroid dienone is 1. The fourth-order valence-corrected chi connectivity index (χ4v) is 7.37. The fraction of sp³-hybridized carbons (Fsp3) is 0.216. The second-order valence-electron chi connectivity index (χ2n) is 11.8. The lowest BCUT2D eigenvalue weighted by atomic mass is 9.64. The molecular formula is C37H32N2O4. The number of nitrogens with zero attached hydrogens (tertiary/aromatic N) is 1. The number of para-hydroxylation sites is 1. The quantitative estimate of drug-likeness (QED) is 0.276. The largest absolute Gasteiger partial charge is 0.497 e. The Bertz CT molecular complexity index is 1840. The summed E-state index contributed by atoms with van der Waals surface area (Å²) in [5.41, 5.74) is 5.97. The zero-order chi connectivity index (χ0) is 30.0. The Morgan fingerprint density at radius 1 is 0.814 bits per heavy atom. The third kappa shape index (κ3) is 3.82. The average molecular weight is 569 g/mol. The maximum absolute atomic E-state index is 14.9. The fourth-order valence-electron chi connectivity index (χ4n) is 7.37. The normalized spacial score (nSPS) is 23.3. The molecule has 6 heteroatoms. The number of aryl methyl sites for hydroxylation is 2. The maximum atomic E-state index is 14.9. The van der Waals surface area contributed by atoms with Crippen LogP contribution in [0.4, 0.5) is 11.4 Å². The van der Waals surface area contributed by atoms with E-state index in [1.54, 1.807) is 31.4 Å². The summed E-state index contributed by atoms with van der Waals surface area (Å²) in [6.07, 6.45) is 2.08. The van der Waals surface area contributed by atoms with Crippen LogP contribution in [-0.4, -0.2) is 36.7 Å². The van der Waals surface area contributed by atoms with Gasteiger partial charge in [-0.25, -0.2) is 0 Å². The van der Waals surface area contributed by atoms with Gasteiger partial charge in [-0.3, -0.25) is 14.4 Å². The molecular weight excluding hydrogens is 536 g/mol. The van der Waals surface area contributed by atoms with Crippen LogP contribution in [0.15, 0.2) is 97.1 Å². The lowest BCUT2D eigenvalue weighted by molar-refractivity contribution is -0.121. The molecule has 0 bridgehead atoms. The maximum Gasteiger partial charge on any atom is 0.238 e. The highest BCUT2D eigenvalue weighted by Crippen LogP contribution is 2.59. The SMILES string of the molecule is COc1ccc(C(=O)[C@H]2[C@@H](C(=O)c3ccc(C)cc3)N3c4ccc(C)cc4C(C)=C[C@@H]3[C@@]23C(=O)Nc2ccccc23)cc1. The van der Waals surface area contributed by atoms with Crippen molar-refractivity contribution in [2.75, 3.05) is 17.3 Å². The van der Waals surface area contributed by atoms with Crippen LogP contribution in [0.3, 0.4) is 0 Å². The van der Waals surface area contributed by atoms with E-state index in [0.717, 1.165) is 33.5 Å². The van der Waals surface area contributed by atoms with Crippen molar-refractivity contribution in [3.8, 4) is 5.75 Å². The van der Waals surface area contributed by atoms with Gasteiger partial charge >= 0.3 is 0 Å². The predicted octanol–water partition coefficient (Wildman–Crippen LogP) is 6.56. The van der Waals surface area contributed by atoms with Crippen molar-refractivity contribution in [1.82, 2.24) is 0 Å². The Morgan fingerprint density at radius 2 is 1.47 bits per heavy atom. The number of Topliss-reactive ketones (excluding diaryl/α,β-unsaturated/α-hetero) is 2. The Morgan fingerprint density at radius 3 is 2.19 bits per heavy atom. The molecule has 6 nitrogen and oxygen atoms in total. The summed E-state index contributed by atoms with van der Waals surface area (Å²) in [5.74, 6) is -1.11. The smallest absolute Gasteiger partial charge is 0.238 e. The first-order valence-electron chi connectivity index (χ1n) is 14.5. The Balaban J connectivity index is 1.54. The zero-order valence-electron chi connectivity index (χ0n) is 24.5. The summed E-state index contributed by atoms with van der Waals surface area (Å²) in [7, 11) is 1.57. The zero-order valence-corrected chi connectivity index (χ0v) is 24.5. The number of hydrogen-bond donors (Lipinski definition) is 1. The number of anilines is 2. The number of benzene rings is 4. The highest BCUT2D eigenvalue weighted by atomic mass is 16.5. The molecule has 3 heterocycles. The molecule has 7 rings (SSSR count). The van der Waals surface area contributed by atoms with Crippen LogP contribution in [0.1, 0.15) is 49.9 Å². The number of ether oxygens (including phenoxy) is 1. The number of ketones is 2. The highest BCUT2D eigenvalue weighted by Gasteiger charge is 2.70. The molecule has 0 aromatic heterocycles. The molecule has 1 N–H and O–H groups in total. The van der Waals surface area contributed by atoms with E-state index < -0.39 is 23.4 Å². The second-order valence-corrected chi connectivity index (χ2v) is 11.8. The van der Waals surface area contributed by atoms with E-state index in [2.05, 4.69) is 22.4 Å². The first-order valence-corrected chi connectivity index (χ1v) is 14.5. The first kappa shape index (κ1) is 26.9. The molecule has 1 spiro atoms. The van der Waals surface area contributed by atoms with Gasteiger partial charge in [-0.15, -0.1) is 0 Å². The van der Waals surface area contributed by atoms with Crippen molar-refractivity contribution >= 4 is 34.4 Å². The predicted molar refractivity (Wildman–Crippen MR) is 168 cm³/mol. The minimum absolute atomic E-state index is 0.189. The van der Waals surface area contributed by atoms with Crippen LogP contribution in [0, 0.1) is 19.8 Å². The number of rotatable bonds is 5. The highest BCUT2D eigenvalue weighted by molar-refractivity contribution is 6.18. The number of methoxy groups -OCH3 is 1. The molecule has 0 radical (unpaired) electrons. The van der Waals surface area contributed by atoms with Crippen molar-refractivity contribution in [2.45, 2.75) is 38.3 Å². The number of carbonyl (C=O) groups is 3. The van der Waals surface area contributed by atoms with E-state index in [9.17, 15) is 14.4 Å². The number of hydrogen-bond acceptors (Lipinski definition) is 5. The van der Waals surface area contributed by atoms with Crippen LogP contribution in [0.2, 0.25) is 0 Å². The minimum atomic E-state index is -1.34. The summed E-state index contributed by atoms with van der Waals surface area (Å²) in [5, 5.41) is 3.09. The molecule has 1 amide bonds. The van der Waals surface area contributed by atoms with Gasteiger partial charge in [0, 0.05) is 28.1 Å². The van der Waals surface area contributed by atoms with E-state index in [1.807, 2.05) is 81.4 Å². The van der Waals surface area contributed by atoms with Crippen molar-refractivity contribution in [2.24, 2.45) is 5.92 Å². The molecule has 0 aliphatic carbocycles. The Labute approximate surface area is 251 Å². The molecule has 43 heavy (non-hydrogen) atoms. The number of amides is 1. The number of nitrogens with one attached hydrogen (secondary N) is 1. The third-order valence-corrected chi connectivity index (χ3v) is 9.39.